The fourth-order valence-corrected chi connectivity index (χ4v) is 3.16. The molecule has 116 valence electrons. The minimum Gasteiger partial charge on any atom is -0.443 e. The van der Waals surface area contributed by atoms with Crippen LogP contribution < -0.4 is 10.2 Å². The van der Waals surface area contributed by atoms with Crippen molar-refractivity contribution in [2.75, 3.05) is 0 Å². The highest BCUT2D eigenvalue weighted by Crippen LogP contribution is 2.30. The molecule has 2 aromatic heterocycles. The van der Waals surface area contributed by atoms with E-state index in [0.29, 0.717) is 15.3 Å². The van der Waals surface area contributed by atoms with E-state index in [4.69, 9.17) is 4.74 Å². The minimum atomic E-state index is -0.659. The van der Waals surface area contributed by atoms with E-state index in [1.807, 2.05) is 0 Å². The van der Waals surface area contributed by atoms with Gasteiger partial charge in [0, 0.05) is 23.9 Å². The molecule has 3 aromatic rings. The summed E-state index contributed by atoms with van der Waals surface area (Å²) in [5.74, 6) is 0.153. The Kier molecular flexibility index (Phi) is 4.06. The maximum Gasteiger partial charge on any atom is 0.190 e. The number of benzene rings is 1. The van der Waals surface area contributed by atoms with Crippen LogP contribution in [0.15, 0.2) is 47.6 Å². The monoisotopic (exact) mass is 333 g/mol. The number of hydrogen-bond acceptors (Lipinski definition) is 4. The molecule has 0 spiro atoms. The number of hydrogen-bond donors (Lipinski definition) is 0. The highest BCUT2D eigenvalue weighted by Gasteiger charge is 2.13. The smallest absolute Gasteiger partial charge is 0.190 e. The first-order chi connectivity index (χ1) is 11.1. The standard InChI is InChI=1S/C16H9F2NO3S/c17-12-2-1-3-13(18)11(12)9-19-5-4-14(21)10-8-15(22-7-6-20)23-16(10)19/h1-5,7-8H,9H2. The molecule has 7 heteroatoms. The maximum atomic E-state index is 13.8. The third-order valence-corrected chi connectivity index (χ3v) is 4.30. The van der Waals surface area contributed by atoms with Crippen LogP contribution in [0, 0.1) is 11.6 Å². The van der Waals surface area contributed by atoms with Gasteiger partial charge < -0.3 is 9.30 Å². The van der Waals surface area contributed by atoms with E-state index in [9.17, 15) is 18.4 Å². The summed E-state index contributed by atoms with van der Waals surface area (Å²) in [6.07, 6.45) is 2.29. The van der Waals surface area contributed by atoms with Crippen molar-refractivity contribution >= 4 is 27.5 Å². The van der Waals surface area contributed by atoms with E-state index >= 15 is 0 Å². The lowest BCUT2D eigenvalue weighted by Crippen LogP contribution is -2.09. The fourth-order valence-electron chi connectivity index (χ4n) is 2.18. The van der Waals surface area contributed by atoms with E-state index in [0.717, 1.165) is 17.6 Å². The van der Waals surface area contributed by atoms with Crippen LogP contribution in [0.25, 0.3) is 10.2 Å². The van der Waals surface area contributed by atoms with E-state index < -0.39 is 11.6 Å². The summed E-state index contributed by atoms with van der Waals surface area (Å²) >= 11 is 1.09. The van der Waals surface area contributed by atoms with Crippen molar-refractivity contribution in [1.82, 2.24) is 4.57 Å². The molecule has 1 aromatic carbocycles. The number of nitrogens with zero attached hydrogens (tertiary/aromatic N) is 1. The van der Waals surface area contributed by atoms with Crippen LogP contribution >= 0.6 is 11.3 Å². The molecule has 0 radical (unpaired) electrons. The zero-order valence-electron chi connectivity index (χ0n) is 11.6. The Hall–Kier alpha value is -2.76. The fraction of sp³-hybridized carbons (Fsp3) is 0.0625. The summed E-state index contributed by atoms with van der Waals surface area (Å²) in [5.41, 5.74) is -0.340. The first kappa shape index (κ1) is 15.1. The third kappa shape index (κ3) is 2.92. The average molecular weight is 333 g/mol. The van der Waals surface area contributed by atoms with Gasteiger partial charge in [0.05, 0.1) is 11.9 Å². The van der Waals surface area contributed by atoms with Crippen molar-refractivity contribution in [2.24, 2.45) is 0 Å². The molecule has 0 aliphatic heterocycles. The van der Waals surface area contributed by atoms with Gasteiger partial charge in [0.15, 0.2) is 22.7 Å². The summed E-state index contributed by atoms with van der Waals surface area (Å²) in [4.78, 5) is 22.6. The second-order valence-electron chi connectivity index (χ2n) is 4.65. The van der Waals surface area contributed by atoms with E-state index in [1.165, 1.54) is 42.5 Å². The number of halogens is 2. The molecule has 0 unspecified atom stereocenters. The molecule has 0 saturated carbocycles. The lowest BCUT2D eigenvalue weighted by atomic mass is 10.2. The second kappa shape index (κ2) is 6.16. The molecule has 0 atom stereocenters. The maximum absolute atomic E-state index is 13.8. The number of thiophene rings is 1. The zero-order chi connectivity index (χ0) is 16.4. The van der Waals surface area contributed by atoms with Crippen LogP contribution in [0.1, 0.15) is 5.56 Å². The number of fused-ring (bicyclic) bond motifs is 1. The Balaban J connectivity index is 2.11. The molecular formula is C16H9F2NO3S. The lowest BCUT2D eigenvalue weighted by Gasteiger charge is -2.09. The third-order valence-electron chi connectivity index (χ3n) is 3.24. The SMILES string of the molecule is O=C=COc1cc2c(=O)ccn(Cc3c(F)cccc3F)c2s1. The molecule has 23 heavy (non-hydrogen) atoms. The van der Waals surface area contributed by atoms with Gasteiger partial charge in [-0.25, -0.2) is 13.6 Å². The first-order valence-corrected chi connectivity index (χ1v) is 7.33. The van der Waals surface area contributed by atoms with Crippen LogP contribution in [0.3, 0.4) is 0 Å². The predicted octanol–water partition coefficient (Wildman–Crippen LogP) is 3.11. The second-order valence-corrected chi connectivity index (χ2v) is 5.64. The number of rotatable bonds is 4. The van der Waals surface area contributed by atoms with E-state index in [-0.39, 0.29) is 17.5 Å². The van der Waals surface area contributed by atoms with Crippen molar-refractivity contribution in [3.63, 3.8) is 0 Å². The Morgan fingerprint density at radius 2 is 2.00 bits per heavy atom. The van der Waals surface area contributed by atoms with Gasteiger partial charge in [-0.1, -0.05) is 17.4 Å². The molecule has 4 nitrogen and oxygen atoms in total. The Morgan fingerprint density at radius 3 is 2.70 bits per heavy atom. The zero-order valence-corrected chi connectivity index (χ0v) is 12.4. The molecule has 0 aliphatic carbocycles. The summed E-state index contributed by atoms with van der Waals surface area (Å²) in [7, 11) is 0. The van der Waals surface area contributed by atoms with Crippen molar-refractivity contribution < 1.29 is 18.3 Å². The summed E-state index contributed by atoms with van der Waals surface area (Å²) in [5, 5.41) is 0.665. The van der Waals surface area contributed by atoms with Crippen LogP contribution in [-0.2, 0) is 11.3 Å². The first-order valence-electron chi connectivity index (χ1n) is 6.52. The van der Waals surface area contributed by atoms with Crippen LogP contribution in [0.5, 0.6) is 5.06 Å². The molecule has 0 fully saturated rings. The van der Waals surface area contributed by atoms with Gasteiger partial charge in [-0.3, -0.25) is 4.79 Å². The topological polar surface area (TPSA) is 48.3 Å². The lowest BCUT2D eigenvalue weighted by molar-refractivity contribution is 0.489. The molecular weight excluding hydrogens is 324 g/mol. The van der Waals surface area contributed by atoms with Gasteiger partial charge in [0.25, 0.3) is 0 Å². The van der Waals surface area contributed by atoms with Gasteiger partial charge in [-0.2, -0.15) is 0 Å². The van der Waals surface area contributed by atoms with E-state index in [2.05, 4.69) is 0 Å². The number of carbonyl (C=O) groups excluding carboxylic acids is 1. The van der Waals surface area contributed by atoms with Gasteiger partial charge in [-0.15, -0.1) is 0 Å². The highest BCUT2D eigenvalue weighted by molar-refractivity contribution is 7.20. The van der Waals surface area contributed by atoms with Crippen molar-refractivity contribution in [3.8, 4) is 5.06 Å². The average Bonchev–Trinajstić information content (AvgIpc) is 2.96. The number of aromatic nitrogens is 1. The van der Waals surface area contributed by atoms with Gasteiger partial charge in [0.1, 0.15) is 16.5 Å². The molecule has 0 amide bonds. The molecule has 3 rings (SSSR count). The van der Waals surface area contributed by atoms with Crippen molar-refractivity contribution in [1.29, 1.82) is 0 Å². The highest BCUT2D eigenvalue weighted by atomic mass is 32.1. The van der Waals surface area contributed by atoms with E-state index in [1.54, 1.807) is 4.57 Å². The Morgan fingerprint density at radius 1 is 1.26 bits per heavy atom. The van der Waals surface area contributed by atoms with Gasteiger partial charge >= 0.3 is 0 Å². The Bertz CT molecular complexity index is 966. The van der Waals surface area contributed by atoms with Crippen LogP contribution in [0.4, 0.5) is 8.78 Å². The minimum absolute atomic E-state index is 0.0707. The molecule has 2 heterocycles. The summed E-state index contributed by atoms with van der Waals surface area (Å²) < 4.78 is 34.2. The normalized spacial score (nSPS) is 10.5. The quantitative estimate of drug-likeness (QED) is 0.544. The molecule has 0 aliphatic rings. The van der Waals surface area contributed by atoms with Crippen molar-refractivity contribution in [2.45, 2.75) is 6.54 Å². The number of pyridine rings is 1. The van der Waals surface area contributed by atoms with Gasteiger partial charge in [-0.05, 0) is 12.1 Å². The molecule has 0 N–H and O–H groups in total. The Labute approximate surface area is 132 Å². The molecule has 0 saturated heterocycles. The van der Waals surface area contributed by atoms with Gasteiger partial charge in [0.2, 0.25) is 0 Å². The summed E-state index contributed by atoms with van der Waals surface area (Å²) in [6.45, 7) is -0.0707. The molecule has 0 bridgehead atoms. The summed E-state index contributed by atoms with van der Waals surface area (Å²) in [6, 6.07) is 6.43. The number of ether oxygens (including phenoxy) is 1. The van der Waals surface area contributed by atoms with Crippen LogP contribution in [-0.4, -0.2) is 10.5 Å². The predicted molar refractivity (Wildman–Crippen MR) is 82.4 cm³/mol. The van der Waals surface area contributed by atoms with Crippen molar-refractivity contribution in [3.05, 3.63) is 70.2 Å². The van der Waals surface area contributed by atoms with Crippen LogP contribution in [0.2, 0.25) is 0 Å². The largest absolute Gasteiger partial charge is 0.443 e.